The molecule has 1 amide bonds. The van der Waals surface area contributed by atoms with E-state index in [9.17, 15) is 14.7 Å². The van der Waals surface area contributed by atoms with Crippen molar-refractivity contribution in [3.05, 3.63) is 48.0 Å². The lowest BCUT2D eigenvalue weighted by atomic mass is 9.82. The van der Waals surface area contributed by atoms with Crippen LogP contribution in [0, 0.1) is 11.8 Å². The number of nitrogens with one attached hydrogen (secondary N) is 1. The second kappa shape index (κ2) is 6.37. The summed E-state index contributed by atoms with van der Waals surface area (Å²) in [5.41, 5.74) is 1.01. The van der Waals surface area contributed by atoms with Gasteiger partial charge in [0.05, 0.1) is 17.9 Å². The Kier molecular flexibility index (Phi) is 4.56. The number of carboxylic acids is 1. The largest absolute Gasteiger partial charge is 0.481 e. The van der Waals surface area contributed by atoms with Crippen LogP contribution in [-0.2, 0) is 9.59 Å². The van der Waals surface area contributed by atoms with Gasteiger partial charge in [-0.1, -0.05) is 42.5 Å². The SMILES string of the molecule is CC(NC(=O)[C@@H]1CC=CC[C@@H]1C(=O)O)c1ccccc1. The minimum absolute atomic E-state index is 0.121. The van der Waals surface area contributed by atoms with Crippen molar-refractivity contribution in [2.75, 3.05) is 0 Å². The molecule has 1 aliphatic carbocycles. The number of hydrogen-bond donors (Lipinski definition) is 2. The van der Waals surface area contributed by atoms with Crippen molar-refractivity contribution in [1.29, 1.82) is 0 Å². The fraction of sp³-hybridized carbons (Fsp3) is 0.375. The van der Waals surface area contributed by atoms with Crippen LogP contribution in [0.15, 0.2) is 42.5 Å². The number of allylic oxidation sites excluding steroid dienone is 2. The average Bonchev–Trinajstić information content (AvgIpc) is 2.48. The highest BCUT2D eigenvalue weighted by atomic mass is 16.4. The fourth-order valence-corrected chi connectivity index (χ4v) is 2.52. The van der Waals surface area contributed by atoms with Crippen LogP contribution in [0.3, 0.4) is 0 Å². The van der Waals surface area contributed by atoms with Crippen molar-refractivity contribution in [3.8, 4) is 0 Å². The van der Waals surface area contributed by atoms with Crippen molar-refractivity contribution in [2.45, 2.75) is 25.8 Å². The molecule has 1 aromatic carbocycles. The van der Waals surface area contributed by atoms with Gasteiger partial charge in [0.1, 0.15) is 0 Å². The topological polar surface area (TPSA) is 66.4 Å². The van der Waals surface area contributed by atoms with E-state index in [0.717, 1.165) is 5.56 Å². The Balaban J connectivity index is 2.04. The van der Waals surface area contributed by atoms with Gasteiger partial charge in [0.25, 0.3) is 0 Å². The lowest BCUT2D eigenvalue weighted by Crippen LogP contribution is -2.39. The Morgan fingerprint density at radius 2 is 1.75 bits per heavy atom. The standard InChI is InChI=1S/C16H19NO3/c1-11(12-7-3-2-4-8-12)17-15(18)13-9-5-6-10-14(13)16(19)20/h2-8,11,13-14H,9-10H2,1H3,(H,17,18)(H,19,20)/t11?,13-,14+/m1/s1. The van der Waals surface area contributed by atoms with Crippen molar-refractivity contribution in [1.82, 2.24) is 5.32 Å². The first-order valence-corrected chi connectivity index (χ1v) is 6.82. The maximum absolute atomic E-state index is 12.3. The van der Waals surface area contributed by atoms with Crippen LogP contribution < -0.4 is 5.32 Å². The molecule has 0 spiro atoms. The van der Waals surface area contributed by atoms with E-state index >= 15 is 0 Å². The molecule has 0 fully saturated rings. The van der Waals surface area contributed by atoms with Crippen LogP contribution in [0.5, 0.6) is 0 Å². The zero-order valence-electron chi connectivity index (χ0n) is 11.5. The molecule has 0 radical (unpaired) electrons. The summed E-state index contributed by atoms with van der Waals surface area (Å²) in [6, 6.07) is 9.53. The number of hydrogen-bond acceptors (Lipinski definition) is 2. The predicted octanol–water partition coefficient (Wildman–Crippen LogP) is 2.53. The summed E-state index contributed by atoms with van der Waals surface area (Å²) >= 11 is 0. The third kappa shape index (κ3) is 3.26. The third-order valence-corrected chi connectivity index (χ3v) is 3.74. The normalized spacial score (nSPS) is 23.1. The minimum Gasteiger partial charge on any atom is -0.481 e. The molecule has 1 unspecified atom stereocenters. The van der Waals surface area contributed by atoms with E-state index in [0.29, 0.717) is 12.8 Å². The first-order chi connectivity index (χ1) is 9.59. The number of rotatable bonds is 4. The summed E-state index contributed by atoms with van der Waals surface area (Å²) in [6.07, 6.45) is 4.64. The molecule has 0 saturated carbocycles. The summed E-state index contributed by atoms with van der Waals surface area (Å²) in [4.78, 5) is 23.5. The van der Waals surface area contributed by atoms with Crippen LogP contribution in [0.2, 0.25) is 0 Å². The van der Waals surface area contributed by atoms with E-state index in [1.165, 1.54) is 0 Å². The highest BCUT2D eigenvalue weighted by Crippen LogP contribution is 2.27. The zero-order chi connectivity index (χ0) is 14.5. The van der Waals surface area contributed by atoms with Crippen molar-refractivity contribution in [3.63, 3.8) is 0 Å². The molecule has 0 heterocycles. The minimum atomic E-state index is -0.901. The molecular weight excluding hydrogens is 254 g/mol. The molecule has 2 rings (SSSR count). The number of carbonyl (C=O) groups excluding carboxylic acids is 1. The van der Waals surface area contributed by atoms with Gasteiger partial charge in [0, 0.05) is 0 Å². The molecule has 0 saturated heterocycles. The first kappa shape index (κ1) is 14.3. The number of carbonyl (C=O) groups is 2. The summed E-state index contributed by atoms with van der Waals surface area (Å²) < 4.78 is 0. The molecular formula is C16H19NO3. The molecule has 20 heavy (non-hydrogen) atoms. The lowest BCUT2D eigenvalue weighted by molar-refractivity contribution is -0.147. The Morgan fingerprint density at radius 1 is 1.15 bits per heavy atom. The van der Waals surface area contributed by atoms with E-state index in [-0.39, 0.29) is 11.9 Å². The van der Waals surface area contributed by atoms with Gasteiger partial charge in [0.15, 0.2) is 0 Å². The summed E-state index contributed by atoms with van der Waals surface area (Å²) in [5, 5.41) is 12.1. The molecule has 4 nitrogen and oxygen atoms in total. The molecule has 1 aliphatic rings. The van der Waals surface area contributed by atoms with Gasteiger partial charge in [-0.3, -0.25) is 9.59 Å². The van der Waals surface area contributed by atoms with E-state index in [2.05, 4.69) is 5.32 Å². The molecule has 106 valence electrons. The second-order valence-corrected chi connectivity index (χ2v) is 5.13. The lowest BCUT2D eigenvalue weighted by Gasteiger charge is -2.26. The Hall–Kier alpha value is -2.10. The molecule has 0 bridgehead atoms. The number of aliphatic carboxylic acids is 1. The maximum atomic E-state index is 12.3. The maximum Gasteiger partial charge on any atom is 0.307 e. The van der Waals surface area contributed by atoms with Gasteiger partial charge < -0.3 is 10.4 Å². The van der Waals surface area contributed by atoms with Gasteiger partial charge in [-0.25, -0.2) is 0 Å². The van der Waals surface area contributed by atoms with Crippen LogP contribution in [0.1, 0.15) is 31.4 Å². The van der Waals surface area contributed by atoms with E-state index in [4.69, 9.17) is 0 Å². The van der Waals surface area contributed by atoms with Gasteiger partial charge in [-0.05, 0) is 25.3 Å². The fourth-order valence-electron chi connectivity index (χ4n) is 2.52. The molecule has 0 aromatic heterocycles. The smallest absolute Gasteiger partial charge is 0.307 e. The Labute approximate surface area is 118 Å². The number of benzene rings is 1. The van der Waals surface area contributed by atoms with Crippen LogP contribution in [0.4, 0.5) is 0 Å². The molecule has 2 N–H and O–H groups in total. The molecule has 0 aliphatic heterocycles. The predicted molar refractivity (Wildman–Crippen MR) is 76.0 cm³/mol. The van der Waals surface area contributed by atoms with Gasteiger partial charge in [0.2, 0.25) is 5.91 Å². The average molecular weight is 273 g/mol. The van der Waals surface area contributed by atoms with Crippen molar-refractivity contribution >= 4 is 11.9 Å². The van der Waals surface area contributed by atoms with Gasteiger partial charge in [-0.15, -0.1) is 0 Å². The van der Waals surface area contributed by atoms with Gasteiger partial charge in [-0.2, -0.15) is 0 Å². The Morgan fingerprint density at radius 3 is 2.35 bits per heavy atom. The van der Waals surface area contributed by atoms with E-state index in [1.807, 2.05) is 49.4 Å². The van der Waals surface area contributed by atoms with Crippen LogP contribution in [0.25, 0.3) is 0 Å². The third-order valence-electron chi connectivity index (χ3n) is 3.74. The van der Waals surface area contributed by atoms with E-state index < -0.39 is 17.8 Å². The molecule has 4 heteroatoms. The quantitative estimate of drug-likeness (QED) is 0.828. The van der Waals surface area contributed by atoms with Crippen LogP contribution >= 0.6 is 0 Å². The molecule has 3 atom stereocenters. The van der Waals surface area contributed by atoms with Crippen LogP contribution in [-0.4, -0.2) is 17.0 Å². The second-order valence-electron chi connectivity index (χ2n) is 5.13. The highest BCUT2D eigenvalue weighted by molar-refractivity contribution is 5.85. The zero-order valence-corrected chi connectivity index (χ0v) is 11.5. The molecule has 1 aromatic rings. The summed E-state index contributed by atoms with van der Waals surface area (Å²) in [7, 11) is 0. The highest BCUT2D eigenvalue weighted by Gasteiger charge is 2.34. The number of carboxylic acid groups (broad SMARTS) is 1. The monoisotopic (exact) mass is 273 g/mol. The Bertz CT molecular complexity index is 510. The first-order valence-electron chi connectivity index (χ1n) is 6.82. The van der Waals surface area contributed by atoms with Gasteiger partial charge >= 0.3 is 5.97 Å². The summed E-state index contributed by atoms with van der Waals surface area (Å²) in [5.74, 6) is -2.19. The van der Waals surface area contributed by atoms with Crippen molar-refractivity contribution < 1.29 is 14.7 Å². The van der Waals surface area contributed by atoms with Crippen molar-refractivity contribution in [2.24, 2.45) is 11.8 Å². The summed E-state index contributed by atoms with van der Waals surface area (Å²) in [6.45, 7) is 1.90. The number of amides is 1. The van der Waals surface area contributed by atoms with E-state index in [1.54, 1.807) is 0 Å².